The van der Waals surface area contributed by atoms with Crippen LogP contribution in [0, 0.1) is 0 Å². The van der Waals surface area contributed by atoms with Crippen LogP contribution in [-0.4, -0.2) is 32.3 Å². The molecule has 2 rings (SSSR count). The summed E-state index contributed by atoms with van der Waals surface area (Å²) in [7, 11) is 4.05. The van der Waals surface area contributed by atoms with Gasteiger partial charge in [-0.2, -0.15) is 0 Å². The van der Waals surface area contributed by atoms with Crippen LogP contribution in [0.4, 0.5) is 10.5 Å². The Morgan fingerprint density at radius 1 is 1.30 bits per heavy atom. The van der Waals surface area contributed by atoms with E-state index in [1.54, 1.807) is 11.8 Å². The van der Waals surface area contributed by atoms with E-state index in [1.807, 2.05) is 41.1 Å². The van der Waals surface area contributed by atoms with Crippen LogP contribution >= 0.6 is 11.8 Å². The first-order chi connectivity index (χ1) is 10.7. The Hall–Kier alpha value is -1.82. The van der Waals surface area contributed by atoms with Crippen molar-refractivity contribution in [1.29, 1.82) is 0 Å². The van der Waals surface area contributed by atoms with Crippen LogP contribution in [-0.2, 0) is 4.74 Å². The van der Waals surface area contributed by atoms with Crippen LogP contribution in [0.1, 0.15) is 31.7 Å². The molecular weight excluding hydrogens is 310 g/mol. The highest BCUT2D eigenvalue weighted by molar-refractivity contribution is 8.03. The summed E-state index contributed by atoms with van der Waals surface area (Å²) >= 11 is 1.70. The maximum atomic E-state index is 11.7. The molecule has 126 valence electrons. The van der Waals surface area contributed by atoms with E-state index >= 15 is 0 Å². The second-order valence-electron chi connectivity index (χ2n) is 6.62. The van der Waals surface area contributed by atoms with E-state index in [1.165, 1.54) is 11.3 Å². The Kier molecular flexibility index (Phi) is 5.46. The van der Waals surface area contributed by atoms with Crippen molar-refractivity contribution in [3.05, 3.63) is 40.9 Å². The Morgan fingerprint density at radius 2 is 1.96 bits per heavy atom. The number of thioether (sulfide) groups is 1. The standard InChI is InChI=1S/C17H25N3O2S/c1-17(2,3)22-16(21)19-11-14-10-18-15(23-14)12-6-8-13(9-7-12)20(4)5/h6-10,15,18H,11H2,1-5H3,(H,19,21). The van der Waals surface area contributed by atoms with E-state index in [4.69, 9.17) is 4.74 Å². The average Bonchev–Trinajstić information content (AvgIpc) is 2.92. The summed E-state index contributed by atoms with van der Waals surface area (Å²) in [5.74, 6) is 0. The number of alkyl carbamates (subject to hydrolysis) is 1. The van der Waals surface area contributed by atoms with E-state index in [9.17, 15) is 4.79 Å². The molecule has 23 heavy (non-hydrogen) atoms. The Bertz CT molecular complexity index is 576. The van der Waals surface area contributed by atoms with Gasteiger partial charge in [-0.25, -0.2) is 4.79 Å². The number of carbonyl (C=O) groups is 1. The molecule has 6 heteroatoms. The van der Waals surface area contributed by atoms with Gasteiger partial charge in [0.05, 0.1) is 6.54 Å². The SMILES string of the molecule is CN(C)c1ccc(C2NC=C(CNC(=O)OC(C)(C)C)S2)cc1. The molecule has 2 N–H and O–H groups in total. The first kappa shape index (κ1) is 17.5. The third kappa shape index (κ3) is 5.39. The maximum absolute atomic E-state index is 11.7. The summed E-state index contributed by atoms with van der Waals surface area (Å²) in [5, 5.41) is 6.30. The van der Waals surface area contributed by atoms with Crippen LogP contribution < -0.4 is 15.5 Å². The number of hydrogen-bond donors (Lipinski definition) is 2. The highest BCUT2D eigenvalue weighted by Gasteiger charge is 2.21. The van der Waals surface area contributed by atoms with E-state index in [-0.39, 0.29) is 5.37 Å². The van der Waals surface area contributed by atoms with E-state index in [0.29, 0.717) is 6.54 Å². The van der Waals surface area contributed by atoms with Gasteiger partial charge in [0.2, 0.25) is 0 Å². The first-order valence-corrected chi connectivity index (χ1v) is 8.48. The summed E-state index contributed by atoms with van der Waals surface area (Å²) in [6, 6.07) is 8.46. The lowest BCUT2D eigenvalue weighted by Gasteiger charge is -2.19. The molecule has 1 aromatic rings. The molecule has 1 amide bonds. The number of ether oxygens (including phenoxy) is 1. The van der Waals surface area contributed by atoms with Crippen molar-refractivity contribution in [3.63, 3.8) is 0 Å². The second kappa shape index (κ2) is 7.17. The van der Waals surface area contributed by atoms with Crippen molar-refractivity contribution in [3.8, 4) is 0 Å². The van der Waals surface area contributed by atoms with Crippen LogP contribution in [0.15, 0.2) is 35.4 Å². The zero-order valence-corrected chi connectivity index (χ0v) is 15.2. The fourth-order valence-corrected chi connectivity index (χ4v) is 3.09. The van der Waals surface area contributed by atoms with Gasteiger partial charge in [0.1, 0.15) is 11.0 Å². The minimum atomic E-state index is -0.476. The van der Waals surface area contributed by atoms with Gasteiger partial charge in [0.15, 0.2) is 0 Å². The molecule has 1 unspecified atom stereocenters. The lowest BCUT2D eigenvalue weighted by atomic mass is 10.2. The smallest absolute Gasteiger partial charge is 0.407 e. The minimum absolute atomic E-state index is 0.182. The normalized spacial score (nSPS) is 17.3. The molecule has 0 aromatic heterocycles. The summed E-state index contributed by atoms with van der Waals surface area (Å²) in [4.78, 5) is 14.8. The molecular formula is C17H25N3O2S. The van der Waals surface area contributed by atoms with Crippen molar-refractivity contribution >= 4 is 23.5 Å². The summed E-state index contributed by atoms with van der Waals surface area (Å²) in [6.45, 7) is 6.03. The molecule has 0 saturated carbocycles. The molecule has 0 spiro atoms. The van der Waals surface area contributed by atoms with Gasteiger partial charge in [-0.05, 0) is 38.5 Å². The average molecular weight is 335 g/mol. The molecule has 1 atom stereocenters. The zero-order valence-electron chi connectivity index (χ0n) is 14.3. The number of rotatable bonds is 4. The molecule has 1 heterocycles. The third-order valence-electron chi connectivity index (χ3n) is 3.18. The number of carbonyl (C=O) groups excluding carboxylic acids is 1. The third-order valence-corrected chi connectivity index (χ3v) is 4.39. The van der Waals surface area contributed by atoms with Crippen molar-refractivity contribution in [2.75, 3.05) is 25.5 Å². The van der Waals surface area contributed by atoms with Crippen LogP contribution in [0.5, 0.6) is 0 Å². The predicted molar refractivity (Wildman–Crippen MR) is 96.6 cm³/mol. The molecule has 0 saturated heterocycles. The molecule has 1 aliphatic heterocycles. The van der Waals surface area contributed by atoms with Gasteiger partial charge < -0.3 is 20.3 Å². The summed E-state index contributed by atoms with van der Waals surface area (Å²) in [6.07, 6.45) is 1.56. The van der Waals surface area contributed by atoms with Gasteiger partial charge in [-0.1, -0.05) is 23.9 Å². The molecule has 1 aliphatic rings. The van der Waals surface area contributed by atoms with Crippen molar-refractivity contribution in [2.45, 2.75) is 31.7 Å². The molecule has 0 fully saturated rings. The van der Waals surface area contributed by atoms with E-state index in [0.717, 1.165) is 4.91 Å². The molecule has 5 nitrogen and oxygen atoms in total. The molecule has 0 aliphatic carbocycles. The number of nitrogens with one attached hydrogen (secondary N) is 2. The van der Waals surface area contributed by atoms with Gasteiger partial charge in [-0.15, -0.1) is 0 Å². The van der Waals surface area contributed by atoms with Crippen LogP contribution in [0.2, 0.25) is 0 Å². The Balaban J connectivity index is 1.82. The van der Waals surface area contributed by atoms with Gasteiger partial charge >= 0.3 is 6.09 Å². The quantitative estimate of drug-likeness (QED) is 0.882. The molecule has 1 aromatic carbocycles. The van der Waals surface area contributed by atoms with E-state index in [2.05, 4.69) is 39.8 Å². The number of anilines is 1. The van der Waals surface area contributed by atoms with Crippen LogP contribution in [0.25, 0.3) is 0 Å². The van der Waals surface area contributed by atoms with Gasteiger partial charge in [-0.3, -0.25) is 0 Å². The van der Waals surface area contributed by atoms with E-state index < -0.39 is 11.7 Å². The fraction of sp³-hybridized carbons (Fsp3) is 0.471. The number of hydrogen-bond acceptors (Lipinski definition) is 5. The maximum Gasteiger partial charge on any atom is 0.407 e. The predicted octanol–water partition coefficient (Wildman–Crippen LogP) is 3.45. The summed E-state index contributed by atoms with van der Waals surface area (Å²) < 4.78 is 5.23. The lowest BCUT2D eigenvalue weighted by molar-refractivity contribution is 0.0533. The van der Waals surface area contributed by atoms with Crippen LogP contribution in [0.3, 0.4) is 0 Å². The topological polar surface area (TPSA) is 53.6 Å². The Labute approximate surface area is 142 Å². The van der Waals surface area contributed by atoms with Crippen molar-refractivity contribution in [2.24, 2.45) is 0 Å². The lowest BCUT2D eigenvalue weighted by Crippen LogP contribution is -2.33. The zero-order chi connectivity index (χ0) is 17.0. The van der Waals surface area contributed by atoms with Crippen molar-refractivity contribution in [1.82, 2.24) is 10.6 Å². The minimum Gasteiger partial charge on any atom is -0.444 e. The number of amides is 1. The van der Waals surface area contributed by atoms with Gasteiger partial charge in [0.25, 0.3) is 0 Å². The first-order valence-electron chi connectivity index (χ1n) is 7.60. The highest BCUT2D eigenvalue weighted by atomic mass is 32.2. The fourth-order valence-electron chi connectivity index (χ4n) is 2.07. The monoisotopic (exact) mass is 335 g/mol. The van der Waals surface area contributed by atoms with Gasteiger partial charge in [0, 0.05) is 30.9 Å². The highest BCUT2D eigenvalue weighted by Crippen LogP contribution is 2.37. The molecule has 0 bridgehead atoms. The Morgan fingerprint density at radius 3 is 2.52 bits per heavy atom. The van der Waals surface area contributed by atoms with Crippen molar-refractivity contribution < 1.29 is 9.53 Å². The summed E-state index contributed by atoms with van der Waals surface area (Å²) in [5.41, 5.74) is 1.91. The number of benzene rings is 1. The second-order valence-corrected chi connectivity index (χ2v) is 7.85. The largest absolute Gasteiger partial charge is 0.444 e. The molecule has 0 radical (unpaired) electrons. The number of nitrogens with zero attached hydrogens (tertiary/aromatic N) is 1.